The molecule has 5 nitrogen and oxygen atoms in total. The monoisotopic (exact) mass is 331 g/mol. The molecule has 0 radical (unpaired) electrons. The molecular weight excluding hydrogens is 314 g/mol. The zero-order valence-corrected chi connectivity index (χ0v) is 13.6. The van der Waals surface area contributed by atoms with Crippen LogP contribution in [0.25, 0.3) is 6.08 Å². The van der Waals surface area contributed by atoms with E-state index in [4.69, 9.17) is 4.74 Å². The molecule has 6 heteroatoms. The first-order chi connectivity index (χ1) is 10.9. The van der Waals surface area contributed by atoms with Gasteiger partial charge in [0.25, 0.3) is 15.9 Å². The van der Waals surface area contributed by atoms with Crippen LogP contribution in [0.15, 0.2) is 59.5 Å². The molecule has 120 valence electrons. The third-order valence-corrected chi connectivity index (χ3v) is 4.48. The average molecular weight is 331 g/mol. The van der Waals surface area contributed by atoms with Gasteiger partial charge in [0.2, 0.25) is 0 Å². The van der Waals surface area contributed by atoms with E-state index in [0.29, 0.717) is 11.3 Å². The maximum atomic E-state index is 12.1. The minimum atomic E-state index is -3.88. The summed E-state index contributed by atoms with van der Waals surface area (Å²) in [5, 5.41) is 0. The number of para-hydroxylation sites is 1. The number of hydrogen-bond donors (Lipinski definition) is 1. The molecule has 0 bridgehead atoms. The molecule has 1 N–H and O–H groups in total. The Kier molecular flexibility index (Phi) is 5.18. The maximum Gasteiger partial charge on any atom is 0.264 e. The fourth-order valence-corrected chi connectivity index (χ4v) is 2.86. The van der Waals surface area contributed by atoms with Crippen molar-refractivity contribution < 1.29 is 17.9 Å². The molecule has 0 atom stereocenters. The molecule has 0 spiro atoms. The fraction of sp³-hybridized carbons (Fsp3) is 0.118. The van der Waals surface area contributed by atoms with Crippen molar-refractivity contribution in [3.05, 3.63) is 65.7 Å². The number of methoxy groups -OCH3 is 1. The van der Waals surface area contributed by atoms with Crippen molar-refractivity contribution in [3.63, 3.8) is 0 Å². The number of aryl methyl sites for hydroxylation is 1. The number of carbonyl (C=O) groups excluding carboxylic acids is 1. The largest absolute Gasteiger partial charge is 0.496 e. The summed E-state index contributed by atoms with van der Waals surface area (Å²) in [7, 11) is -2.36. The number of rotatable bonds is 5. The summed E-state index contributed by atoms with van der Waals surface area (Å²) in [5.74, 6) is -0.130. The van der Waals surface area contributed by atoms with Crippen LogP contribution in [0.1, 0.15) is 11.1 Å². The lowest BCUT2D eigenvalue weighted by Crippen LogP contribution is -2.28. The molecule has 1 amide bonds. The molecule has 0 saturated carbocycles. The van der Waals surface area contributed by atoms with E-state index in [1.165, 1.54) is 25.3 Å². The van der Waals surface area contributed by atoms with Gasteiger partial charge in [-0.1, -0.05) is 35.9 Å². The lowest BCUT2D eigenvalue weighted by molar-refractivity contribution is -0.114. The number of benzene rings is 2. The average Bonchev–Trinajstić information content (AvgIpc) is 2.53. The zero-order valence-electron chi connectivity index (χ0n) is 12.8. The van der Waals surface area contributed by atoms with Crippen LogP contribution in [0, 0.1) is 6.92 Å². The first-order valence-electron chi connectivity index (χ1n) is 6.87. The number of sulfonamides is 1. The van der Waals surface area contributed by atoms with Crippen LogP contribution in [0.5, 0.6) is 5.75 Å². The number of nitrogens with one attached hydrogen (secondary N) is 1. The second kappa shape index (κ2) is 7.11. The molecule has 0 aliphatic heterocycles. The maximum absolute atomic E-state index is 12.1. The zero-order chi connectivity index (χ0) is 16.9. The predicted octanol–water partition coefficient (Wildman–Crippen LogP) is 2.52. The summed E-state index contributed by atoms with van der Waals surface area (Å²) >= 11 is 0. The Bertz CT molecular complexity index is 824. The Hall–Kier alpha value is -2.60. The van der Waals surface area contributed by atoms with Crippen molar-refractivity contribution in [1.82, 2.24) is 4.72 Å². The van der Waals surface area contributed by atoms with Gasteiger partial charge in [0.1, 0.15) is 5.75 Å². The Morgan fingerprint density at radius 2 is 1.74 bits per heavy atom. The van der Waals surface area contributed by atoms with Gasteiger partial charge in [-0.15, -0.1) is 0 Å². The Labute approximate surface area is 135 Å². The SMILES string of the molecule is COc1ccccc1/C=C/C(=O)NS(=O)(=O)c1ccc(C)cc1. The van der Waals surface area contributed by atoms with Crippen molar-refractivity contribution >= 4 is 22.0 Å². The third kappa shape index (κ3) is 4.43. The molecule has 23 heavy (non-hydrogen) atoms. The predicted molar refractivity (Wildman–Crippen MR) is 88.5 cm³/mol. The molecule has 2 aromatic carbocycles. The summed E-state index contributed by atoms with van der Waals surface area (Å²) in [6.07, 6.45) is 2.66. The lowest BCUT2D eigenvalue weighted by atomic mass is 10.2. The van der Waals surface area contributed by atoms with Crippen LogP contribution >= 0.6 is 0 Å². The van der Waals surface area contributed by atoms with Gasteiger partial charge in [-0.05, 0) is 31.2 Å². The van der Waals surface area contributed by atoms with Gasteiger partial charge in [-0.3, -0.25) is 4.79 Å². The van der Waals surface area contributed by atoms with Crippen LogP contribution in [0.3, 0.4) is 0 Å². The molecule has 2 aromatic rings. The first-order valence-corrected chi connectivity index (χ1v) is 8.35. The molecule has 0 unspecified atom stereocenters. The van der Waals surface area contributed by atoms with Crippen molar-refractivity contribution in [2.24, 2.45) is 0 Å². The van der Waals surface area contributed by atoms with Crippen molar-refractivity contribution in [2.45, 2.75) is 11.8 Å². The standard InChI is InChI=1S/C17H17NO4S/c1-13-7-10-15(11-8-13)23(20,21)18-17(19)12-9-14-5-3-4-6-16(14)22-2/h3-12H,1-2H3,(H,18,19)/b12-9+. The van der Waals surface area contributed by atoms with Gasteiger partial charge in [-0.2, -0.15) is 0 Å². The second-order valence-electron chi connectivity index (χ2n) is 4.86. The lowest BCUT2D eigenvalue weighted by Gasteiger charge is -2.06. The van der Waals surface area contributed by atoms with E-state index < -0.39 is 15.9 Å². The van der Waals surface area contributed by atoms with Crippen molar-refractivity contribution in [3.8, 4) is 5.75 Å². The summed E-state index contributed by atoms with van der Waals surface area (Å²) < 4.78 is 31.4. The second-order valence-corrected chi connectivity index (χ2v) is 6.54. The van der Waals surface area contributed by atoms with Crippen molar-refractivity contribution in [1.29, 1.82) is 0 Å². The molecule has 0 aliphatic rings. The van der Waals surface area contributed by atoms with E-state index in [-0.39, 0.29) is 4.90 Å². The molecule has 0 aromatic heterocycles. The number of amides is 1. The fourth-order valence-electron chi connectivity index (χ4n) is 1.91. The van der Waals surface area contributed by atoms with Crippen LogP contribution in [-0.4, -0.2) is 21.4 Å². The highest BCUT2D eigenvalue weighted by molar-refractivity contribution is 7.90. The van der Waals surface area contributed by atoms with Gasteiger partial charge in [0, 0.05) is 11.6 Å². The number of hydrogen-bond acceptors (Lipinski definition) is 4. The summed E-state index contributed by atoms with van der Waals surface area (Å²) in [4.78, 5) is 11.9. The topological polar surface area (TPSA) is 72.5 Å². The normalized spacial score (nSPS) is 11.4. The summed E-state index contributed by atoms with van der Waals surface area (Å²) in [6, 6.07) is 13.4. The van der Waals surface area contributed by atoms with E-state index >= 15 is 0 Å². The Balaban J connectivity index is 2.12. The molecule has 0 heterocycles. The van der Waals surface area contributed by atoms with Crippen LogP contribution in [0.2, 0.25) is 0 Å². The highest BCUT2D eigenvalue weighted by atomic mass is 32.2. The van der Waals surface area contributed by atoms with E-state index in [0.717, 1.165) is 11.6 Å². The Morgan fingerprint density at radius 1 is 1.09 bits per heavy atom. The minimum absolute atomic E-state index is 0.0436. The van der Waals surface area contributed by atoms with E-state index in [2.05, 4.69) is 0 Å². The van der Waals surface area contributed by atoms with E-state index in [1.54, 1.807) is 36.4 Å². The van der Waals surface area contributed by atoms with Crippen LogP contribution in [0.4, 0.5) is 0 Å². The van der Waals surface area contributed by atoms with Gasteiger partial charge in [0.05, 0.1) is 12.0 Å². The van der Waals surface area contributed by atoms with Crippen LogP contribution in [-0.2, 0) is 14.8 Å². The number of ether oxygens (including phenoxy) is 1. The van der Waals surface area contributed by atoms with Crippen LogP contribution < -0.4 is 9.46 Å². The molecule has 0 saturated heterocycles. The molecule has 0 aliphatic carbocycles. The summed E-state index contributed by atoms with van der Waals surface area (Å²) in [5.41, 5.74) is 1.62. The quantitative estimate of drug-likeness (QED) is 0.855. The third-order valence-electron chi connectivity index (χ3n) is 3.12. The molecule has 2 rings (SSSR count). The number of carbonyl (C=O) groups is 1. The van der Waals surface area contributed by atoms with Gasteiger partial charge < -0.3 is 4.74 Å². The van der Waals surface area contributed by atoms with Gasteiger partial charge in [0.15, 0.2) is 0 Å². The molecular formula is C17H17NO4S. The first kappa shape index (κ1) is 16.8. The smallest absolute Gasteiger partial charge is 0.264 e. The van der Waals surface area contributed by atoms with Gasteiger partial charge >= 0.3 is 0 Å². The van der Waals surface area contributed by atoms with Gasteiger partial charge in [-0.25, -0.2) is 13.1 Å². The van der Waals surface area contributed by atoms with Crippen molar-refractivity contribution in [2.75, 3.05) is 7.11 Å². The summed E-state index contributed by atoms with van der Waals surface area (Å²) in [6.45, 7) is 1.85. The highest BCUT2D eigenvalue weighted by Crippen LogP contribution is 2.18. The highest BCUT2D eigenvalue weighted by Gasteiger charge is 2.15. The minimum Gasteiger partial charge on any atom is -0.496 e. The Morgan fingerprint density at radius 3 is 2.39 bits per heavy atom. The molecule has 0 fully saturated rings. The van der Waals surface area contributed by atoms with E-state index in [9.17, 15) is 13.2 Å². The van der Waals surface area contributed by atoms with E-state index in [1.807, 2.05) is 11.6 Å².